The molecule has 0 bridgehead atoms. The number of halogens is 2. The maximum atomic E-state index is 13.6. The lowest BCUT2D eigenvalue weighted by atomic mass is 10.1. The van der Waals surface area contributed by atoms with Gasteiger partial charge >= 0.3 is 11.9 Å². The Morgan fingerprint density at radius 2 is 1.94 bits per heavy atom. The van der Waals surface area contributed by atoms with Crippen molar-refractivity contribution in [3.63, 3.8) is 0 Å². The third kappa shape index (κ3) is 2.78. The zero-order valence-electron chi connectivity index (χ0n) is 9.99. The molecule has 18 heavy (non-hydrogen) atoms. The van der Waals surface area contributed by atoms with Gasteiger partial charge < -0.3 is 9.47 Å². The van der Waals surface area contributed by atoms with Crippen LogP contribution in [0.3, 0.4) is 0 Å². The molecule has 0 saturated heterocycles. The van der Waals surface area contributed by atoms with Gasteiger partial charge in [0.05, 0.1) is 12.7 Å². The number of rotatable bonds is 5. The standard InChI is InChI=1S/C13H14F2O3/c1-2-17-12(16)13(14,15)9-3-5-10(6-4-9)18-11-7-8-11/h3-6,11H,2,7-8H2,1H3. The van der Waals surface area contributed by atoms with Crippen molar-refractivity contribution in [3.05, 3.63) is 29.8 Å². The number of benzene rings is 1. The van der Waals surface area contributed by atoms with Crippen LogP contribution in [0.5, 0.6) is 5.75 Å². The fourth-order valence-electron chi connectivity index (χ4n) is 1.46. The van der Waals surface area contributed by atoms with E-state index in [1.54, 1.807) is 0 Å². The zero-order chi connectivity index (χ0) is 13.2. The first-order chi connectivity index (χ1) is 8.54. The molecule has 2 rings (SSSR count). The van der Waals surface area contributed by atoms with Crippen molar-refractivity contribution < 1.29 is 23.0 Å². The molecule has 1 saturated carbocycles. The lowest BCUT2D eigenvalue weighted by Crippen LogP contribution is -2.28. The van der Waals surface area contributed by atoms with E-state index in [4.69, 9.17) is 4.74 Å². The van der Waals surface area contributed by atoms with Gasteiger partial charge in [0, 0.05) is 5.56 Å². The van der Waals surface area contributed by atoms with Gasteiger partial charge in [-0.25, -0.2) is 4.79 Å². The summed E-state index contributed by atoms with van der Waals surface area (Å²) in [6.45, 7) is 1.41. The Labute approximate surface area is 104 Å². The van der Waals surface area contributed by atoms with Gasteiger partial charge in [-0.1, -0.05) is 0 Å². The lowest BCUT2D eigenvalue weighted by Gasteiger charge is -2.15. The molecule has 0 amide bonds. The maximum Gasteiger partial charge on any atom is 0.381 e. The molecule has 1 aliphatic rings. The fourth-order valence-corrected chi connectivity index (χ4v) is 1.46. The summed E-state index contributed by atoms with van der Waals surface area (Å²) >= 11 is 0. The molecule has 98 valence electrons. The molecular weight excluding hydrogens is 242 g/mol. The summed E-state index contributed by atoms with van der Waals surface area (Å²) in [6.07, 6.45) is 2.21. The number of esters is 1. The van der Waals surface area contributed by atoms with Crippen LogP contribution >= 0.6 is 0 Å². The van der Waals surface area contributed by atoms with Crippen molar-refractivity contribution in [3.8, 4) is 5.75 Å². The highest BCUT2D eigenvalue weighted by Gasteiger charge is 2.42. The van der Waals surface area contributed by atoms with Crippen LogP contribution in [0.25, 0.3) is 0 Å². The molecular formula is C13H14F2O3. The molecule has 3 nitrogen and oxygen atoms in total. The van der Waals surface area contributed by atoms with Gasteiger partial charge in [0.1, 0.15) is 5.75 Å². The first kappa shape index (κ1) is 12.8. The van der Waals surface area contributed by atoms with E-state index < -0.39 is 11.9 Å². The van der Waals surface area contributed by atoms with Gasteiger partial charge in [-0.05, 0) is 44.0 Å². The van der Waals surface area contributed by atoms with Crippen molar-refractivity contribution >= 4 is 5.97 Å². The Hall–Kier alpha value is -1.65. The lowest BCUT2D eigenvalue weighted by molar-refractivity contribution is -0.173. The van der Waals surface area contributed by atoms with E-state index >= 15 is 0 Å². The monoisotopic (exact) mass is 256 g/mol. The Balaban J connectivity index is 2.09. The highest BCUT2D eigenvalue weighted by molar-refractivity contribution is 5.79. The second kappa shape index (κ2) is 4.92. The van der Waals surface area contributed by atoms with Gasteiger partial charge in [0.2, 0.25) is 0 Å². The fraction of sp³-hybridized carbons (Fsp3) is 0.462. The molecule has 1 aliphatic carbocycles. The number of alkyl halides is 2. The van der Waals surface area contributed by atoms with Crippen molar-refractivity contribution in [1.82, 2.24) is 0 Å². The zero-order valence-corrected chi connectivity index (χ0v) is 9.99. The quantitative estimate of drug-likeness (QED) is 0.760. The van der Waals surface area contributed by atoms with Gasteiger partial charge in [-0.2, -0.15) is 8.78 Å². The number of carbonyl (C=O) groups is 1. The summed E-state index contributed by atoms with van der Waals surface area (Å²) in [4.78, 5) is 11.1. The largest absolute Gasteiger partial charge is 0.490 e. The molecule has 0 aromatic heterocycles. The smallest absolute Gasteiger partial charge is 0.381 e. The summed E-state index contributed by atoms with van der Waals surface area (Å²) in [6, 6.07) is 5.27. The van der Waals surface area contributed by atoms with Crippen molar-refractivity contribution in [2.45, 2.75) is 31.8 Å². The SMILES string of the molecule is CCOC(=O)C(F)(F)c1ccc(OC2CC2)cc1. The Morgan fingerprint density at radius 1 is 1.33 bits per heavy atom. The summed E-state index contributed by atoms with van der Waals surface area (Å²) in [7, 11) is 0. The van der Waals surface area contributed by atoms with Crippen molar-refractivity contribution in [2.24, 2.45) is 0 Å². The summed E-state index contributed by atoms with van der Waals surface area (Å²) < 4.78 is 37.0. The molecule has 0 spiro atoms. The van der Waals surface area contributed by atoms with Gasteiger partial charge in [0.25, 0.3) is 0 Å². The second-order valence-corrected chi connectivity index (χ2v) is 4.14. The normalized spacial score (nSPS) is 15.3. The van der Waals surface area contributed by atoms with Crippen LogP contribution in [-0.2, 0) is 15.5 Å². The highest BCUT2D eigenvalue weighted by Crippen LogP contribution is 2.32. The number of hydrogen-bond acceptors (Lipinski definition) is 3. The van der Waals surface area contributed by atoms with E-state index in [0.717, 1.165) is 12.8 Å². The highest BCUT2D eigenvalue weighted by atomic mass is 19.3. The van der Waals surface area contributed by atoms with Crippen LogP contribution in [-0.4, -0.2) is 18.7 Å². The Kier molecular flexibility index (Phi) is 3.50. The molecule has 5 heteroatoms. The van der Waals surface area contributed by atoms with E-state index in [-0.39, 0.29) is 18.3 Å². The molecule has 0 radical (unpaired) electrons. The summed E-state index contributed by atoms with van der Waals surface area (Å²) in [5.74, 6) is -4.60. The number of ether oxygens (including phenoxy) is 2. The van der Waals surface area contributed by atoms with E-state index in [9.17, 15) is 13.6 Å². The topological polar surface area (TPSA) is 35.5 Å². The molecule has 0 N–H and O–H groups in total. The van der Waals surface area contributed by atoms with Crippen LogP contribution in [0.1, 0.15) is 25.3 Å². The molecule has 0 atom stereocenters. The van der Waals surface area contributed by atoms with Crippen molar-refractivity contribution in [1.29, 1.82) is 0 Å². The van der Waals surface area contributed by atoms with E-state index in [1.165, 1.54) is 31.2 Å². The molecule has 1 aromatic rings. The third-order valence-corrected chi connectivity index (χ3v) is 2.58. The van der Waals surface area contributed by atoms with Gasteiger partial charge in [-0.3, -0.25) is 0 Å². The molecule has 0 heterocycles. The Bertz CT molecular complexity index is 424. The molecule has 0 aliphatic heterocycles. The van der Waals surface area contributed by atoms with Crippen LogP contribution in [0.2, 0.25) is 0 Å². The average molecular weight is 256 g/mol. The van der Waals surface area contributed by atoms with Crippen LogP contribution in [0.4, 0.5) is 8.78 Å². The molecule has 1 fully saturated rings. The van der Waals surface area contributed by atoms with E-state index in [2.05, 4.69) is 4.74 Å². The predicted octanol–water partition coefficient (Wildman–Crippen LogP) is 2.88. The second-order valence-electron chi connectivity index (χ2n) is 4.14. The first-order valence-corrected chi connectivity index (χ1v) is 5.86. The van der Waals surface area contributed by atoms with Gasteiger partial charge in [-0.15, -0.1) is 0 Å². The predicted molar refractivity (Wildman–Crippen MR) is 60.6 cm³/mol. The first-order valence-electron chi connectivity index (χ1n) is 5.86. The molecule has 0 unspecified atom stereocenters. The minimum atomic E-state index is -3.62. The van der Waals surface area contributed by atoms with E-state index in [0.29, 0.717) is 5.75 Å². The van der Waals surface area contributed by atoms with Gasteiger partial charge in [0.15, 0.2) is 0 Å². The summed E-state index contributed by atoms with van der Waals surface area (Å²) in [5.41, 5.74) is -0.385. The average Bonchev–Trinajstić information content (AvgIpc) is 3.14. The maximum absolute atomic E-state index is 13.6. The minimum absolute atomic E-state index is 0.0721. The van der Waals surface area contributed by atoms with Crippen LogP contribution < -0.4 is 4.74 Å². The number of carbonyl (C=O) groups excluding carboxylic acids is 1. The van der Waals surface area contributed by atoms with Crippen LogP contribution in [0.15, 0.2) is 24.3 Å². The molecule has 1 aromatic carbocycles. The number of hydrogen-bond donors (Lipinski definition) is 0. The Morgan fingerprint density at radius 3 is 2.44 bits per heavy atom. The van der Waals surface area contributed by atoms with Crippen LogP contribution in [0, 0.1) is 0 Å². The summed E-state index contributed by atoms with van der Waals surface area (Å²) in [5, 5.41) is 0. The third-order valence-electron chi connectivity index (χ3n) is 2.58. The van der Waals surface area contributed by atoms with Crippen molar-refractivity contribution in [2.75, 3.05) is 6.61 Å². The van der Waals surface area contributed by atoms with E-state index in [1.807, 2.05) is 0 Å². The minimum Gasteiger partial charge on any atom is -0.490 e.